The molecule has 0 radical (unpaired) electrons. The number of hydrogen-bond acceptors (Lipinski definition) is 2. The van der Waals surface area contributed by atoms with E-state index in [4.69, 9.17) is 9.47 Å². The molecule has 0 N–H and O–H groups in total. The molecule has 0 saturated carbocycles. The molecule has 0 aliphatic rings. The lowest BCUT2D eigenvalue weighted by Gasteiger charge is -2.08. The number of aryl methyl sites for hydroxylation is 2. The first-order valence-corrected chi connectivity index (χ1v) is 10.8. The Morgan fingerprint density at radius 2 is 0.969 bits per heavy atom. The van der Waals surface area contributed by atoms with E-state index in [1.54, 1.807) is 14.2 Å². The van der Waals surface area contributed by atoms with Gasteiger partial charge in [0.15, 0.2) is 0 Å². The van der Waals surface area contributed by atoms with Crippen LogP contribution in [0.1, 0.15) is 33.4 Å². The van der Waals surface area contributed by atoms with Crippen molar-refractivity contribution in [3.8, 4) is 11.5 Å². The lowest BCUT2D eigenvalue weighted by atomic mass is 9.98. The van der Waals surface area contributed by atoms with Gasteiger partial charge in [-0.05, 0) is 70.1 Å². The fourth-order valence-corrected chi connectivity index (χ4v) is 3.89. The molecular weight excluding hydrogens is 392 g/mol. The van der Waals surface area contributed by atoms with E-state index in [2.05, 4.69) is 111 Å². The third-order valence-corrected chi connectivity index (χ3v) is 5.77. The van der Waals surface area contributed by atoms with Crippen LogP contribution in [-0.2, 0) is 0 Å². The van der Waals surface area contributed by atoms with Crippen molar-refractivity contribution in [3.63, 3.8) is 0 Å². The van der Waals surface area contributed by atoms with Gasteiger partial charge in [0.1, 0.15) is 11.5 Å². The topological polar surface area (TPSA) is 18.5 Å². The summed E-state index contributed by atoms with van der Waals surface area (Å²) in [6.07, 6.45) is 8.62. The van der Waals surface area contributed by atoms with E-state index in [1.807, 2.05) is 0 Å². The molecule has 2 nitrogen and oxygen atoms in total. The monoisotopic (exact) mass is 420 g/mol. The van der Waals surface area contributed by atoms with Gasteiger partial charge in [-0.3, -0.25) is 0 Å². The number of methoxy groups -OCH3 is 2. The maximum absolute atomic E-state index is 5.46. The number of ether oxygens (including phenoxy) is 2. The minimum absolute atomic E-state index is 0.908. The summed E-state index contributed by atoms with van der Waals surface area (Å²) in [4.78, 5) is 0. The Morgan fingerprint density at radius 3 is 1.38 bits per heavy atom. The van der Waals surface area contributed by atoms with E-state index in [0.29, 0.717) is 0 Å². The first-order chi connectivity index (χ1) is 15.6. The highest BCUT2D eigenvalue weighted by molar-refractivity contribution is 5.99. The molecule has 0 heterocycles. The second-order valence-electron chi connectivity index (χ2n) is 7.91. The molecule has 4 aromatic rings. The Bertz CT molecular complexity index is 1210. The van der Waals surface area contributed by atoms with Gasteiger partial charge in [0.25, 0.3) is 0 Å². The van der Waals surface area contributed by atoms with Crippen LogP contribution in [-0.4, -0.2) is 14.2 Å². The van der Waals surface area contributed by atoms with Gasteiger partial charge < -0.3 is 9.47 Å². The van der Waals surface area contributed by atoms with Crippen molar-refractivity contribution in [2.45, 2.75) is 13.8 Å². The molecule has 0 amide bonds. The second kappa shape index (κ2) is 9.57. The Labute approximate surface area is 190 Å². The fourth-order valence-electron chi connectivity index (χ4n) is 3.89. The minimum Gasteiger partial charge on any atom is -0.496 e. The van der Waals surface area contributed by atoms with Gasteiger partial charge >= 0.3 is 0 Å². The second-order valence-corrected chi connectivity index (χ2v) is 7.91. The average Bonchev–Trinajstić information content (AvgIpc) is 2.83. The Hall–Kier alpha value is -3.78. The van der Waals surface area contributed by atoms with Gasteiger partial charge in [-0.2, -0.15) is 0 Å². The molecule has 0 aliphatic carbocycles. The highest BCUT2D eigenvalue weighted by Gasteiger charge is 2.04. The Kier molecular flexibility index (Phi) is 6.42. The molecule has 0 aliphatic heterocycles. The number of hydrogen-bond donors (Lipinski definition) is 0. The highest BCUT2D eigenvalue weighted by atomic mass is 16.5. The summed E-state index contributed by atoms with van der Waals surface area (Å²) in [7, 11) is 3.42. The summed E-state index contributed by atoms with van der Waals surface area (Å²) in [5, 5.41) is 2.46. The molecule has 0 atom stereocenters. The van der Waals surface area contributed by atoms with E-state index in [1.165, 1.54) is 21.9 Å². The molecule has 0 fully saturated rings. The van der Waals surface area contributed by atoms with Crippen LogP contribution in [0.5, 0.6) is 11.5 Å². The summed E-state index contributed by atoms with van der Waals surface area (Å²) in [5.74, 6) is 1.82. The zero-order valence-electron chi connectivity index (χ0n) is 19.1. The summed E-state index contributed by atoms with van der Waals surface area (Å²) < 4.78 is 10.9. The van der Waals surface area contributed by atoms with Crippen molar-refractivity contribution in [1.29, 1.82) is 0 Å². The minimum atomic E-state index is 0.908. The van der Waals surface area contributed by atoms with Crippen molar-refractivity contribution in [1.82, 2.24) is 0 Å². The van der Waals surface area contributed by atoms with Gasteiger partial charge in [-0.1, -0.05) is 85.0 Å². The normalized spacial score (nSPS) is 11.5. The lowest BCUT2D eigenvalue weighted by Crippen LogP contribution is -1.87. The first kappa shape index (κ1) is 21.5. The summed E-state index contributed by atoms with van der Waals surface area (Å²) >= 11 is 0. The third kappa shape index (κ3) is 4.60. The van der Waals surface area contributed by atoms with Gasteiger partial charge in [0.05, 0.1) is 14.2 Å². The van der Waals surface area contributed by atoms with Gasteiger partial charge in [-0.15, -0.1) is 0 Å². The smallest absolute Gasteiger partial charge is 0.122 e. The van der Waals surface area contributed by atoms with Crippen LogP contribution in [0.15, 0.2) is 72.8 Å². The van der Waals surface area contributed by atoms with E-state index in [0.717, 1.165) is 33.8 Å². The fraction of sp³-hybridized carbons (Fsp3) is 0.133. The molecule has 32 heavy (non-hydrogen) atoms. The molecule has 2 heteroatoms. The quantitative estimate of drug-likeness (QED) is 0.296. The number of rotatable bonds is 6. The Morgan fingerprint density at radius 1 is 0.531 bits per heavy atom. The molecule has 0 aromatic heterocycles. The molecule has 0 saturated heterocycles. The van der Waals surface area contributed by atoms with Crippen molar-refractivity contribution in [2.24, 2.45) is 0 Å². The third-order valence-electron chi connectivity index (χ3n) is 5.77. The van der Waals surface area contributed by atoms with Crippen LogP contribution in [0.4, 0.5) is 0 Å². The lowest BCUT2D eigenvalue weighted by molar-refractivity contribution is 0.411. The standard InChI is InChI=1S/C30H28O2/c1-21-9-11-23(19-29(21)31-3)13-15-25-17-18-26(28-8-6-5-7-27(25)28)16-14-24-12-10-22(2)30(20-24)32-4/h5-20H,1-4H3/b15-13-,16-14-. The Balaban J connectivity index is 1.67. The summed E-state index contributed by atoms with van der Waals surface area (Å²) in [6.45, 7) is 4.11. The molecule has 0 spiro atoms. The van der Waals surface area contributed by atoms with Gasteiger partial charge in [-0.25, -0.2) is 0 Å². The molecule has 4 aromatic carbocycles. The van der Waals surface area contributed by atoms with Crippen molar-refractivity contribution >= 4 is 35.1 Å². The maximum atomic E-state index is 5.46. The van der Waals surface area contributed by atoms with Crippen LogP contribution in [0.3, 0.4) is 0 Å². The summed E-state index contributed by atoms with van der Waals surface area (Å²) in [5.41, 5.74) is 6.89. The van der Waals surface area contributed by atoms with E-state index < -0.39 is 0 Å². The zero-order chi connectivity index (χ0) is 22.5. The SMILES string of the molecule is COc1cc(/C=C\c2ccc(/C=C\c3ccc(C)c(OC)c3)c3ccccc23)ccc1C. The predicted octanol–water partition coefficient (Wildman–Crippen LogP) is 7.81. The first-order valence-electron chi connectivity index (χ1n) is 10.8. The van der Waals surface area contributed by atoms with Crippen LogP contribution < -0.4 is 9.47 Å². The van der Waals surface area contributed by atoms with Crippen molar-refractivity contribution < 1.29 is 9.47 Å². The zero-order valence-corrected chi connectivity index (χ0v) is 19.1. The number of benzene rings is 4. The average molecular weight is 421 g/mol. The largest absolute Gasteiger partial charge is 0.496 e. The molecule has 0 unspecified atom stereocenters. The predicted molar refractivity (Wildman–Crippen MR) is 137 cm³/mol. The number of fused-ring (bicyclic) bond motifs is 1. The molecule has 0 bridgehead atoms. The van der Waals surface area contributed by atoms with Gasteiger partial charge in [0, 0.05) is 0 Å². The summed E-state index contributed by atoms with van der Waals surface area (Å²) in [6, 6.07) is 25.4. The molecule has 160 valence electrons. The van der Waals surface area contributed by atoms with Crippen LogP contribution in [0, 0.1) is 13.8 Å². The van der Waals surface area contributed by atoms with E-state index in [9.17, 15) is 0 Å². The van der Waals surface area contributed by atoms with E-state index >= 15 is 0 Å². The van der Waals surface area contributed by atoms with Crippen LogP contribution in [0.25, 0.3) is 35.1 Å². The van der Waals surface area contributed by atoms with Crippen LogP contribution in [0.2, 0.25) is 0 Å². The highest BCUT2D eigenvalue weighted by Crippen LogP contribution is 2.28. The van der Waals surface area contributed by atoms with E-state index in [-0.39, 0.29) is 0 Å². The van der Waals surface area contributed by atoms with Crippen molar-refractivity contribution in [2.75, 3.05) is 14.2 Å². The van der Waals surface area contributed by atoms with Crippen molar-refractivity contribution in [3.05, 3.63) is 106 Å². The molecular formula is C30H28O2. The van der Waals surface area contributed by atoms with Gasteiger partial charge in [0.2, 0.25) is 0 Å². The van der Waals surface area contributed by atoms with Crippen LogP contribution >= 0.6 is 0 Å². The molecule has 4 rings (SSSR count). The maximum Gasteiger partial charge on any atom is 0.122 e.